The van der Waals surface area contributed by atoms with Crippen LogP contribution in [0.4, 0.5) is 10.7 Å². The minimum Gasteiger partial charge on any atom is -0.396 e. The number of thiophene rings is 1. The molecule has 3 N–H and O–H groups in total. The molecule has 116 valence electrons. The molecule has 0 aliphatic heterocycles. The summed E-state index contributed by atoms with van der Waals surface area (Å²) in [6, 6.07) is 13.0. The third-order valence-electron chi connectivity index (χ3n) is 3.29. The van der Waals surface area contributed by atoms with Gasteiger partial charge in [-0.15, -0.1) is 11.3 Å². The van der Waals surface area contributed by atoms with E-state index >= 15 is 0 Å². The molecule has 0 radical (unpaired) electrons. The minimum absolute atomic E-state index is 0.145. The molecule has 2 heterocycles. The van der Waals surface area contributed by atoms with Crippen LogP contribution >= 0.6 is 22.9 Å². The third kappa shape index (κ3) is 3.70. The van der Waals surface area contributed by atoms with Crippen molar-refractivity contribution >= 4 is 39.5 Å². The molecule has 0 fully saturated rings. The van der Waals surface area contributed by atoms with Gasteiger partial charge in [0.15, 0.2) is 0 Å². The lowest BCUT2D eigenvalue weighted by atomic mass is 10.1. The molecule has 0 bridgehead atoms. The van der Waals surface area contributed by atoms with E-state index in [-0.39, 0.29) is 12.3 Å². The highest BCUT2D eigenvalue weighted by molar-refractivity contribution is 7.20. The van der Waals surface area contributed by atoms with Crippen LogP contribution in [0.1, 0.15) is 5.56 Å². The van der Waals surface area contributed by atoms with Crippen LogP contribution in [-0.2, 0) is 11.2 Å². The monoisotopic (exact) mass is 343 g/mol. The molecule has 0 saturated carbocycles. The Bertz CT molecular complexity index is 833. The van der Waals surface area contributed by atoms with E-state index < -0.39 is 0 Å². The maximum Gasteiger partial charge on any atom is 0.229 e. The van der Waals surface area contributed by atoms with Gasteiger partial charge in [0.05, 0.1) is 12.1 Å². The summed E-state index contributed by atoms with van der Waals surface area (Å²) in [5.41, 5.74) is 8.36. The summed E-state index contributed by atoms with van der Waals surface area (Å²) < 4.78 is 0. The average molecular weight is 344 g/mol. The van der Waals surface area contributed by atoms with Gasteiger partial charge in [0.25, 0.3) is 0 Å². The van der Waals surface area contributed by atoms with E-state index in [1.807, 2.05) is 36.4 Å². The Kier molecular flexibility index (Phi) is 4.60. The van der Waals surface area contributed by atoms with Gasteiger partial charge in [-0.2, -0.15) is 0 Å². The van der Waals surface area contributed by atoms with Crippen LogP contribution in [0, 0.1) is 0 Å². The van der Waals surface area contributed by atoms with Crippen molar-refractivity contribution in [2.75, 3.05) is 11.1 Å². The lowest BCUT2D eigenvalue weighted by molar-refractivity contribution is -0.115. The second-order valence-electron chi connectivity index (χ2n) is 4.95. The average Bonchev–Trinajstić information content (AvgIpc) is 2.91. The first-order valence-electron chi connectivity index (χ1n) is 6.96. The van der Waals surface area contributed by atoms with Crippen molar-refractivity contribution < 1.29 is 4.79 Å². The van der Waals surface area contributed by atoms with Crippen molar-refractivity contribution in [3.63, 3.8) is 0 Å². The maximum absolute atomic E-state index is 12.2. The Labute approximate surface area is 142 Å². The number of nitrogens with one attached hydrogen (secondary N) is 1. The van der Waals surface area contributed by atoms with Gasteiger partial charge < -0.3 is 11.1 Å². The van der Waals surface area contributed by atoms with E-state index in [0.717, 1.165) is 16.0 Å². The topological polar surface area (TPSA) is 68.0 Å². The van der Waals surface area contributed by atoms with Crippen LogP contribution in [0.5, 0.6) is 0 Å². The molecule has 1 amide bonds. The van der Waals surface area contributed by atoms with Gasteiger partial charge in [-0.25, -0.2) is 0 Å². The van der Waals surface area contributed by atoms with Gasteiger partial charge in [-0.3, -0.25) is 9.78 Å². The van der Waals surface area contributed by atoms with Crippen molar-refractivity contribution in [3.8, 4) is 10.4 Å². The standard InChI is InChI=1S/C17H14ClN3OS/c18-13-4-2-1-3-12(13)9-16(22)21-17-14(19)10-15(23-17)11-5-7-20-8-6-11/h1-8,10H,9,19H2,(H,21,22). The zero-order valence-corrected chi connectivity index (χ0v) is 13.7. The molecule has 0 aliphatic carbocycles. The Hall–Kier alpha value is -2.37. The van der Waals surface area contributed by atoms with Crippen LogP contribution in [0.25, 0.3) is 10.4 Å². The maximum atomic E-state index is 12.2. The number of nitrogens with two attached hydrogens (primary N) is 1. The Balaban J connectivity index is 1.74. The Morgan fingerprint density at radius 3 is 2.70 bits per heavy atom. The van der Waals surface area contributed by atoms with Crippen molar-refractivity contribution in [1.29, 1.82) is 0 Å². The molecular weight excluding hydrogens is 330 g/mol. The number of carbonyl (C=O) groups is 1. The van der Waals surface area contributed by atoms with Crippen molar-refractivity contribution in [2.24, 2.45) is 0 Å². The van der Waals surface area contributed by atoms with Gasteiger partial charge in [0.2, 0.25) is 5.91 Å². The van der Waals surface area contributed by atoms with Gasteiger partial charge in [-0.1, -0.05) is 29.8 Å². The van der Waals surface area contributed by atoms with Crippen molar-refractivity contribution in [1.82, 2.24) is 4.98 Å². The van der Waals surface area contributed by atoms with E-state index in [2.05, 4.69) is 10.3 Å². The number of aromatic nitrogens is 1. The predicted molar refractivity (Wildman–Crippen MR) is 95.7 cm³/mol. The highest BCUT2D eigenvalue weighted by Crippen LogP contribution is 2.37. The number of hydrogen-bond donors (Lipinski definition) is 2. The number of anilines is 2. The van der Waals surface area contributed by atoms with E-state index in [1.165, 1.54) is 11.3 Å². The van der Waals surface area contributed by atoms with E-state index in [1.54, 1.807) is 18.5 Å². The fourth-order valence-corrected chi connectivity index (χ4v) is 3.35. The van der Waals surface area contributed by atoms with Crippen molar-refractivity contribution in [3.05, 3.63) is 65.4 Å². The number of rotatable bonds is 4. The molecule has 0 aliphatic rings. The number of pyridine rings is 1. The normalized spacial score (nSPS) is 10.5. The number of carbonyl (C=O) groups excluding carboxylic acids is 1. The first-order chi connectivity index (χ1) is 11.1. The molecule has 2 aromatic heterocycles. The molecule has 0 unspecified atom stereocenters. The third-order valence-corrected chi connectivity index (χ3v) is 4.77. The highest BCUT2D eigenvalue weighted by atomic mass is 35.5. The van der Waals surface area contributed by atoms with Crippen LogP contribution in [0.2, 0.25) is 5.02 Å². The fourth-order valence-electron chi connectivity index (χ4n) is 2.15. The smallest absolute Gasteiger partial charge is 0.229 e. The van der Waals surface area contributed by atoms with Gasteiger partial charge in [-0.05, 0) is 35.4 Å². The minimum atomic E-state index is -0.145. The number of hydrogen-bond acceptors (Lipinski definition) is 4. The summed E-state index contributed by atoms with van der Waals surface area (Å²) in [6.45, 7) is 0. The summed E-state index contributed by atoms with van der Waals surface area (Å²) in [5.74, 6) is -0.145. The number of benzene rings is 1. The molecule has 0 spiro atoms. The highest BCUT2D eigenvalue weighted by Gasteiger charge is 2.12. The second kappa shape index (κ2) is 6.81. The molecule has 1 aromatic carbocycles. The van der Waals surface area contributed by atoms with Crippen molar-refractivity contribution in [2.45, 2.75) is 6.42 Å². The summed E-state index contributed by atoms with van der Waals surface area (Å²) in [7, 11) is 0. The lowest BCUT2D eigenvalue weighted by Gasteiger charge is -2.05. The Morgan fingerprint density at radius 1 is 1.22 bits per heavy atom. The zero-order valence-electron chi connectivity index (χ0n) is 12.1. The van der Waals surface area contributed by atoms with Gasteiger partial charge in [0, 0.05) is 22.3 Å². The molecule has 3 aromatic rings. The number of nitrogens with zero attached hydrogens (tertiary/aromatic N) is 1. The van der Waals surface area contributed by atoms with Crippen LogP contribution in [0.3, 0.4) is 0 Å². The number of nitrogen functional groups attached to an aromatic ring is 1. The fraction of sp³-hybridized carbons (Fsp3) is 0.0588. The van der Waals surface area contributed by atoms with E-state index in [0.29, 0.717) is 15.7 Å². The molecule has 23 heavy (non-hydrogen) atoms. The molecule has 0 atom stereocenters. The summed E-state index contributed by atoms with van der Waals surface area (Å²) in [4.78, 5) is 17.2. The molecular formula is C17H14ClN3OS. The van der Waals surface area contributed by atoms with Crippen LogP contribution < -0.4 is 11.1 Å². The first kappa shape index (κ1) is 15.5. The quantitative estimate of drug-likeness (QED) is 0.745. The predicted octanol–water partition coefficient (Wildman–Crippen LogP) is 4.23. The van der Waals surface area contributed by atoms with Crippen LogP contribution in [-0.4, -0.2) is 10.9 Å². The van der Waals surface area contributed by atoms with Gasteiger partial charge >= 0.3 is 0 Å². The van der Waals surface area contributed by atoms with Crippen LogP contribution in [0.15, 0.2) is 54.9 Å². The van der Waals surface area contributed by atoms with E-state index in [9.17, 15) is 4.79 Å². The summed E-state index contributed by atoms with van der Waals surface area (Å²) >= 11 is 7.52. The second-order valence-corrected chi connectivity index (χ2v) is 6.41. The lowest BCUT2D eigenvalue weighted by Crippen LogP contribution is -2.14. The molecule has 6 heteroatoms. The zero-order chi connectivity index (χ0) is 16.2. The first-order valence-corrected chi connectivity index (χ1v) is 8.16. The van der Waals surface area contributed by atoms with E-state index in [4.69, 9.17) is 17.3 Å². The Morgan fingerprint density at radius 2 is 1.96 bits per heavy atom. The molecule has 4 nitrogen and oxygen atoms in total. The van der Waals surface area contributed by atoms with Gasteiger partial charge in [0.1, 0.15) is 5.00 Å². The summed E-state index contributed by atoms with van der Waals surface area (Å²) in [6.07, 6.45) is 3.66. The number of amides is 1. The summed E-state index contributed by atoms with van der Waals surface area (Å²) in [5, 5.41) is 4.09. The number of halogens is 1. The molecule has 3 rings (SSSR count). The largest absolute Gasteiger partial charge is 0.396 e. The molecule has 0 saturated heterocycles. The SMILES string of the molecule is Nc1cc(-c2ccncc2)sc1NC(=O)Cc1ccccc1Cl.